The number of halogens is 4. The Bertz CT molecular complexity index is 1260. The van der Waals surface area contributed by atoms with Crippen molar-refractivity contribution < 1.29 is 27.1 Å². The summed E-state index contributed by atoms with van der Waals surface area (Å²) in [6, 6.07) is 5.29. The van der Waals surface area contributed by atoms with Crippen LogP contribution in [0.1, 0.15) is 46.3 Å². The van der Waals surface area contributed by atoms with Crippen LogP contribution in [0.2, 0.25) is 0 Å². The van der Waals surface area contributed by atoms with Crippen molar-refractivity contribution in [2.75, 3.05) is 39.0 Å². The number of benzene rings is 1. The maximum Gasteiger partial charge on any atom is 0.573 e. The molecular formula is C24H25F4N5O2. The number of nitrogens with two attached hydrogens (primary N) is 1. The van der Waals surface area contributed by atoms with E-state index in [2.05, 4.69) is 26.7 Å². The average molecular weight is 491 g/mol. The van der Waals surface area contributed by atoms with Gasteiger partial charge in [-0.25, -0.2) is 9.37 Å². The number of rotatable bonds is 4. The van der Waals surface area contributed by atoms with Gasteiger partial charge in [0.1, 0.15) is 17.2 Å². The van der Waals surface area contributed by atoms with Gasteiger partial charge in [-0.15, -0.1) is 13.2 Å². The van der Waals surface area contributed by atoms with E-state index in [1.165, 1.54) is 12.3 Å². The molecule has 2 aliphatic rings. The molecule has 2 aromatic heterocycles. The third kappa shape index (κ3) is 4.64. The minimum atomic E-state index is -4.85. The minimum absolute atomic E-state index is 0.0860. The Labute approximate surface area is 198 Å². The van der Waals surface area contributed by atoms with Crippen molar-refractivity contribution >= 4 is 22.6 Å². The van der Waals surface area contributed by atoms with Crippen molar-refractivity contribution in [1.82, 2.24) is 19.8 Å². The third-order valence-electron chi connectivity index (χ3n) is 6.85. The highest BCUT2D eigenvalue weighted by Gasteiger charge is 2.33. The van der Waals surface area contributed by atoms with Gasteiger partial charge in [0, 0.05) is 60.5 Å². The van der Waals surface area contributed by atoms with Crippen LogP contribution in [-0.2, 0) is 0 Å². The number of pyridine rings is 1. The van der Waals surface area contributed by atoms with E-state index in [1.54, 1.807) is 4.90 Å². The van der Waals surface area contributed by atoms with Crippen LogP contribution in [0.25, 0.3) is 11.0 Å². The molecule has 0 unspecified atom stereocenters. The average Bonchev–Trinajstić information content (AvgIpc) is 3.19. The summed E-state index contributed by atoms with van der Waals surface area (Å²) in [4.78, 5) is 24.3. The monoisotopic (exact) mass is 491 g/mol. The van der Waals surface area contributed by atoms with Crippen molar-refractivity contribution in [3.05, 3.63) is 53.1 Å². The lowest BCUT2D eigenvalue weighted by atomic mass is 9.87. The summed E-state index contributed by atoms with van der Waals surface area (Å²) < 4.78 is 56.1. The van der Waals surface area contributed by atoms with Crippen molar-refractivity contribution in [2.45, 2.75) is 31.0 Å². The second-order valence-corrected chi connectivity index (χ2v) is 9.29. The number of nitrogen functional groups attached to an aromatic ring is 1. The summed E-state index contributed by atoms with van der Waals surface area (Å²) >= 11 is 0. The topological polar surface area (TPSA) is 87.5 Å². The third-order valence-corrected chi connectivity index (χ3v) is 6.85. The van der Waals surface area contributed by atoms with E-state index in [0.29, 0.717) is 43.1 Å². The first-order valence-electron chi connectivity index (χ1n) is 11.4. The number of hydrogen-bond acceptors (Lipinski definition) is 5. The number of anilines is 1. The highest BCUT2D eigenvalue weighted by molar-refractivity contribution is 5.99. The van der Waals surface area contributed by atoms with Crippen LogP contribution in [-0.4, -0.2) is 65.3 Å². The molecule has 0 radical (unpaired) electrons. The molecule has 0 aliphatic carbocycles. The summed E-state index contributed by atoms with van der Waals surface area (Å²) in [5.74, 6) is -0.928. The first-order valence-corrected chi connectivity index (χ1v) is 11.4. The fourth-order valence-corrected chi connectivity index (χ4v) is 5.10. The number of fused-ring (bicyclic) bond motifs is 1. The normalized spacial score (nSPS) is 18.1. The molecule has 5 rings (SSSR count). The highest BCUT2D eigenvalue weighted by Crippen LogP contribution is 2.37. The molecule has 11 heteroatoms. The van der Waals surface area contributed by atoms with E-state index in [0.717, 1.165) is 36.3 Å². The number of H-pyrrole nitrogens is 1. The van der Waals surface area contributed by atoms with Gasteiger partial charge in [0.25, 0.3) is 5.91 Å². The Hall–Kier alpha value is -3.34. The molecule has 2 aliphatic heterocycles. The van der Waals surface area contributed by atoms with E-state index in [4.69, 9.17) is 5.73 Å². The van der Waals surface area contributed by atoms with Crippen molar-refractivity contribution in [2.24, 2.45) is 0 Å². The number of alkyl halides is 3. The molecule has 3 aromatic rings. The molecule has 186 valence electrons. The fourth-order valence-electron chi connectivity index (χ4n) is 5.10. The van der Waals surface area contributed by atoms with Crippen LogP contribution < -0.4 is 10.5 Å². The number of likely N-dealkylation sites (N-methyl/N-ethyl adjacent to an activating group) is 1. The number of nitrogens with one attached hydrogen (secondary N) is 1. The van der Waals surface area contributed by atoms with Gasteiger partial charge in [-0.2, -0.15) is 0 Å². The van der Waals surface area contributed by atoms with Gasteiger partial charge in [0.2, 0.25) is 0 Å². The number of carbonyl (C=O) groups is 1. The minimum Gasteiger partial charge on any atom is -0.406 e. The Morgan fingerprint density at radius 1 is 1.17 bits per heavy atom. The molecule has 3 N–H and O–H groups in total. The van der Waals surface area contributed by atoms with Gasteiger partial charge < -0.3 is 25.3 Å². The number of amides is 1. The van der Waals surface area contributed by atoms with E-state index in [-0.39, 0.29) is 28.9 Å². The maximum atomic E-state index is 14.9. The van der Waals surface area contributed by atoms with Crippen LogP contribution >= 0.6 is 0 Å². The van der Waals surface area contributed by atoms with Gasteiger partial charge in [-0.3, -0.25) is 4.79 Å². The Morgan fingerprint density at radius 3 is 2.51 bits per heavy atom. The SMILES string of the molecule is CN1CC(c2cc3c(C4CCN(C(=O)c5ccc(OC(F)(F)F)cc5N)CC4)c(F)cnc3[nH]2)C1. The molecule has 1 aromatic carbocycles. The zero-order chi connectivity index (χ0) is 24.9. The number of aromatic amines is 1. The predicted molar refractivity (Wildman–Crippen MR) is 122 cm³/mol. The number of piperidine rings is 1. The Kier molecular flexibility index (Phi) is 5.82. The van der Waals surface area contributed by atoms with Gasteiger partial charge in [0.05, 0.1) is 11.8 Å². The molecule has 7 nitrogen and oxygen atoms in total. The Balaban J connectivity index is 1.30. The van der Waals surface area contributed by atoms with Gasteiger partial charge >= 0.3 is 6.36 Å². The summed E-state index contributed by atoms with van der Waals surface area (Å²) in [6.07, 6.45) is -2.51. The fraction of sp³-hybridized carbons (Fsp3) is 0.417. The van der Waals surface area contributed by atoms with Crippen molar-refractivity contribution in [1.29, 1.82) is 0 Å². The van der Waals surface area contributed by atoms with E-state index < -0.39 is 12.1 Å². The molecule has 0 atom stereocenters. The van der Waals surface area contributed by atoms with Crippen molar-refractivity contribution in [3.8, 4) is 5.75 Å². The molecule has 4 heterocycles. The summed E-state index contributed by atoms with van der Waals surface area (Å²) in [5.41, 5.74) is 8.19. The molecule has 0 spiro atoms. The standard InChI is InChI=1S/C24H25F4N5O2/c1-32-11-14(12-32)20-9-17-21(18(25)10-30-22(17)31-20)13-4-6-33(7-5-13)23(34)16-3-2-15(8-19(16)29)35-24(26,27)28/h2-3,8-10,13-14H,4-7,11-12,29H2,1H3,(H,30,31). The van der Waals surface area contributed by atoms with E-state index >= 15 is 0 Å². The van der Waals surface area contributed by atoms with Crippen LogP contribution in [0.3, 0.4) is 0 Å². The number of aromatic nitrogens is 2. The quantitative estimate of drug-likeness (QED) is 0.421. The lowest BCUT2D eigenvalue weighted by molar-refractivity contribution is -0.274. The number of likely N-dealkylation sites (tertiary alicyclic amines) is 2. The van der Waals surface area contributed by atoms with Crippen LogP contribution in [0.4, 0.5) is 23.2 Å². The second kappa shape index (κ2) is 8.71. The smallest absolute Gasteiger partial charge is 0.406 e. The molecule has 2 saturated heterocycles. The van der Waals surface area contributed by atoms with Gasteiger partial charge in [-0.1, -0.05) is 0 Å². The molecule has 1 amide bonds. The van der Waals surface area contributed by atoms with Gasteiger partial charge in [-0.05, 0) is 44.0 Å². The summed E-state index contributed by atoms with van der Waals surface area (Å²) in [7, 11) is 2.05. The van der Waals surface area contributed by atoms with Crippen LogP contribution in [0, 0.1) is 5.82 Å². The molecular weight excluding hydrogens is 466 g/mol. The number of hydrogen-bond donors (Lipinski definition) is 2. The largest absolute Gasteiger partial charge is 0.573 e. The first kappa shape index (κ1) is 23.4. The van der Waals surface area contributed by atoms with Gasteiger partial charge in [0.15, 0.2) is 0 Å². The van der Waals surface area contributed by atoms with Crippen LogP contribution in [0.5, 0.6) is 5.75 Å². The first-order chi connectivity index (χ1) is 16.6. The molecule has 35 heavy (non-hydrogen) atoms. The molecule has 0 saturated carbocycles. The number of nitrogens with zero attached hydrogens (tertiary/aromatic N) is 3. The Morgan fingerprint density at radius 2 is 1.89 bits per heavy atom. The summed E-state index contributed by atoms with van der Waals surface area (Å²) in [5, 5.41) is 0.781. The van der Waals surface area contributed by atoms with Crippen LogP contribution in [0.15, 0.2) is 30.5 Å². The lowest BCUT2D eigenvalue weighted by Crippen LogP contribution is -2.41. The van der Waals surface area contributed by atoms with Crippen molar-refractivity contribution in [3.63, 3.8) is 0 Å². The second-order valence-electron chi connectivity index (χ2n) is 9.29. The maximum absolute atomic E-state index is 14.9. The zero-order valence-corrected chi connectivity index (χ0v) is 19.0. The van der Waals surface area contributed by atoms with E-state index in [9.17, 15) is 22.4 Å². The highest BCUT2D eigenvalue weighted by atomic mass is 19.4. The summed E-state index contributed by atoms with van der Waals surface area (Å²) in [6.45, 7) is 2.63. The number of ether oxygens (including phenoxy) is 1. The van der Waals surface area contributed by atoms with E-state index in [1.807, 2.05) is 6.07 Å². The zero-order valence-electron chi connectivity index (χ0n) is 19.0. The molecule has 0 bridgehead atoms. The predicted octanol–water partition coefficient (Wildman–Crippen LogP) is 4.23. The lowest BCUT2D eigenvalue weighted by Gasteiger charge is -2.35. The number of carbonyl (C=O) groups excluding carboxylic acids is 1. The molecule has 2 fully saturated rings.